The zero-order valence-corrected chi connectivity index (χ0v) is 11.3. The maximum atomic E-state index is 10.6. The molecule has 1 saturated heterocycles. The van der Waals surface area contributed by atoms with Crippen LogP contribution in [0.25, 0.3) is 10.9 Å². The molecule has 3 heteroatoms. The maximum Gasteiger partial charge on any atom is 0.0963 e. The van der Waals surface area contributed by atoms with E-state index in [0.29, 0.717) is 0 Å². The van der Waals surface area contributed by atoms with Crippen molar-refractivity contribution in [2.45, 2.75) is 38.3 Å². The van der Waals surface area contributed by atoms with E-state index in [1.165, 1.54) is 0 Å². The minimum atomic E-state index is -0.467. The molecule has 1 aromatic carbocycles. The van der Waals surface area contributed by atoms with Crippen LogP contribution in [0.3, 0.4) is 0 Å². The summed E-state index contributed by atoms with van der Waals surface area (Å²) in [7, 11) is 0. The van der Waals surface area contributed by atoms with Crippen LogP contribution in [-0.2, 0) is 6.42 Å². The number of hydrogen-bond acceptors (Lipinski definition) is 3. The number of benzene rings is 1. The molecule has 19 heavy (non-hydrogen) atoms. The summed E-state index contributed by atoms with van der Waals surface area (Å²) >= 11 is 0. The number of aliphatic hydroxyl groups is 1. The molecule has 1 aromatic heterocycles. The van der Waals surface area contributed by atoms with Crippen molar-refractivity contribution in [1.29, 1.82) is 0 Å². The standard InChI is InChI=1S/C16H20N2O/c1-2-12-9-8-11-5-3-6-13(15(11)18-12)16(19)14-7-4-10-17-14/h3,5-6,8-9,14,16-17,19H,2,4,7,10H2,1H3. The summed E-state index contributed by atoms with van der Waals surface area (Å²) in [6, 6.07) is 10.4. The lowest BCUT2D eigenvalue weighted by molar-refractivity contribution is 0.139. The Morgan fingerprint density at radius 3 is 3.00 bits per heavy atom. The molecular formula is C16H20N2O. The van der Waals surface area contributed by atoms with E-state index in [2.05, 4.69) is 30.4 Å². The van der Waals surface area contributed by atoms with Crippen LogP contribution in [0, 0.1) is 0 Å². The van der Waals surface area contributed by atoms with Gasteiger partial charge in [-0.15, -0.1) is 0 Å². The lowest BCUT2D eigenvalue weighted by Crippen LogP contribution is -2.28. The van der Waals surface area contributed by atoms with Crippen molar-refractivity contribution in [2.24, 2.45) is 0 Å². The highest BCUT2D eigenvalue weighted by atomic mass is 16.3. The van der Waals surface area contributed by atoms with Crippen LogP contribution >= 0.6 is 0 Å². The molecule has 1 fully saturated rings. The molecule has 0 saturated carbocycles. The molecule has 0 aliphatic carbocycles. The second-order valence-corrected chi connectivity index (χ2v) is 5.22. The van der Waals surface area contributed by atoms with Crippen molar-refractivity contribution >= 4 is 10.9 Å². The number of aliphatic hydroxyl groups excluding tert-OH is 1. The van der Waals surface area contributed by atoms with E-state index in [0.717, 1.165) is 48.0 Å². The Morgan fingerprint density at radius 1 is 1.37 bits per heavy atom. The van der Waals surface area contributed by atoms with Crippen LogP contribution in [0.15, 0.2) is 30.3 Å². The first kappa shape index (κ1) is 12.6. The summed E-state index contributed by atoms with van der Waals surface area (Å²) in [5, 5.41) is 15.1. The number of aryl methyl sites for hydroxylation is 1. The molecule has 0 bridgehead atoms. The van der Waals surface area contributed by atoms with Gasteiger partial charge < -0.3 is 10.4 Å². The van der Waals surface area contributed by atoms with Crippen LogP contribution in [-0.4, -0.2) is 22.7 Å². The summed E-state index contributed by atoms with van der Waals surface area (Å²) in [5.41, 5.74) is 2.97. The first-order valence-corrected chi connectivity index (χ1v) is 7.09. The second-order valence-electron chi connectivity index (χ2n) is 5.22. The zero-order chi connectivity index (χ0) is 13.2. The lowest BCUT2D eigenvalue weighted by atomic mass is 9.98. The van der Waals surface area contributed by atoms with Crippen LogP contribution in [0.5, 0.6) is 0 Å². The molecule has 100 valence electrons. The minimum absolute atomic E-state index is 0.165. The van der Waals surface area contributed by atoms with Gasteiger partial charge in [0, 0.05) is 22.7 Å². The van der Waals surface area contributed by atoms with Gasteiger partial charge in [0.2, 0.25) is 0 Å². The van der Waals surface area contributed by atoms with E-state index in [-0.39, 0.29) is 6.04 Å². The zero-order valence-electron chi connectivity index (χ0n) is 11.3. The molecule has 3 rings (SSSR count). The average Bonchev–Trinajstić information content (AvgIpc) is 2.99. The van der Waals surface area contributed by atoms with E-state index in [1.54, 1.807) is 0 Å². The third kappa shape index (κ3) is 2.36. The SMILES string of the molecule is CCc1ccc2cccc(C(O)C3CCCN3)c2n1. The Hall–Kier alpha value is -1.45. The Labute approximate surface area is 113 Å². The Morgan fingerprint density at radius 2 is 2.26 bits per heavy atom. The molecule has 0 radical (unpaired) electrons. The predicted molar refractivity (Wildman–Crippen MR) is 77.1 cm³/mol. The van der Waals surface area contributed by atoms with Gasteiger partial charge >= 0.3 is 0 Å². The summed E-state index contributed by atoms with van der Waals surface area (Å²) in [6.07, 6.45) is 2.62. The Kier molecular flexibility index (Phi) is 3.49. The molecule has 2 unspecified atom stereocenters. The smallest absolute Gasteiger partial charge is 0.0963 e. The number of hydrogen-bond donors (Lipinski definition) is 2. The van der Waals surface area contributed by atoms with Gasteiger partial charge in [-0.3, -0.25) is 4.98 Å². The van der Waals surface area contributed by atoms with Crippen LogP contribution < -0.4 is 5.32 Å². The van der Waals surface area contributed by atoms with Gasteiger partial charge in [0.05, 0.1) is 11.6 Å². The number of para-hydroxylation sites is 1. The fraction of sp³-hybridized carbons (Fsp3) is 0.438. The molecule has 2 heterocycles. The molecule has 2 atom stereocenters. The Balaban J connectivity index is 2.06. The van der Waals surface area contributed by atoms with E-state index in [1.807, 2.05) is 12.1 Å². The van der Waals surface area contributed by atoms with Crippen molar-refractivity contribution in [3.63, 3.8) is 0 Å². The summed E-state index contributed by atoms with van der Waals surface area (Å²) in [4.78, 5) is 4.70. The number of aromatic nitrogens is 1. The highest BCUT2D eigenvalue weighted by Crippen LogP contribution is 2.28. The summed E-state index contributed by atoms with van der Waals surface area (Å²) in [6.45, 7) is 3.10. The number of nitrogens with one attached hydrogen (secondary N) is 1. The molecule has 1 aliphatic heterocycles. The molecule has 2 N–H and O–H groups in total. The van der Waals surface area contributed by atoms with Gasteiger partial charge in [0.25, 0.3) is 0 Å². The second kappa shape index (κ2) is 5.27. The van der Waals surface area contributed by atoms with Crippen molar-refractivity contribution in [3.05, 3.63) is 41.6 Å². The third-order valence-corrected chi connectivity index (χ3v) is 3.97. The van der Waals surface area contributed by atoms with Crippen LogP contribution in [0.1, 0.15) is 37.1 Å². The summed E-state index contributed by atoms with van der Waals surface area (Å²) < 4.78 is 0. The van der Waals surface area contributed by atoms with E-state index >= 15 is 0 Å². The van der Waals surface area contributed by atoms with Crippen LogP contribution in [0.2, 0.25) is 0 Å². The fourth-order valence-electron chi connectivity index (χ4n) is 2.84. The molecule has 3 nitrogen and oxygen atoms in total. The average molecular weight is 256 g/mol. The van der Waals surface area contributed by atoms with Gasteiger partial charge in [-0.2, -0.15) is 0 Å². The topological polar surface area (TPSA) is 45.1 Å². The number of fused-ring (bicyclic) bond motifs is 1. The van der Waals surface area contributed by atoms with Gasteiger partial charge in [-0.1, -0.05) is 31.2 Å². The monoisotopic (exact) mass is 256 g/mol. The summed E-state index contributed by atoms with van der Waals surface area (Å²) in [5.74, 6) is 0. The maximum absolute atomic E-state index is 10.6. The highest BCUT2D eigenvalue weighted by molar-refractivity contribution is 5.82. The normalized spacial score (nSPS) is 20.8. The molecule has 0 spiro atoms. The van der Waals surface area contributed by atoms with Gasteiger partial charge in [-0.05, 0) is 31.9 Å². The van der Waals surface area contributed by atoms with Gasteiger partial charge in [-0.25, -0.2) is 0 Å². The van der Waals surface area contributed by atoms with Crippen molar-refractivity contribution in [2.75, 3.05) is 6.54 Å². The number of nitrogens with zero attached hydrogens (tertiary/aromatic N) is 1. The van der Waals surface area contributed by atoms with Gasteiger partial charge in [0.1, 0.15) is 0 Å². The number of pyridine rings is 1. The van der Waals surface area contributed by atoms with Crippen molar-refractivity contribution in [1.82, 2.24) is 10.3 Å². The van der Waals surface area contributed by atoms with Gasteiger partial charge in [0.15, 0.2) is 0 Å². The molecule has 1 aliphatic rings. The Bertz CT molecular complexity index is 576. The molecular weight excluding hydrogens is 236 g/mol. The van der Waals surface area contributed by atoms with Crippen LogP contribution in [0.4, 0.5) is 0 Å². The van der Waals surface area contributed by atoms with E-state index in [4.69, 9.17) is 4.98 Å². The quantitative estimate of drug-likeness (QED) is 0.887. The third-order valence-electron chi connectivity index (χ3n) is 3.97. The van der Waals surface area contributed by atoms with E-state index in [9.17, 15) is 5.11 Å². The first-order valence-electron chi connectivity index (χ1n) is 7.09. The van der Waals surface area contributed by atoms with Crippen molar-refractivity contribution < 1.29 is 5.11 Å². The molecule has 2 aromatic rings. The van der Waals surface area contributed by atoms with E-state index < -0.39 is 6.10 Å². The minimum Gasteiger partial charge on any atom is -0.387 e. The lowest BCUT2D eigenvalue weighted by Gasteiger charge is -2.20. The van der Waals surface area contributed by atoms with Crippen molar-refractivity contribution in [3.8, 4) is 0 Å². The highest BCUT2D eigenvalue weighted by Gasteiger charge is 2.25. The predicted octanol–water partition coefficient (Wildman–Crippen LogP) is 2.58. The molecule has 0 amide bonds. The first-order chi connectivity index (χ1) is 9.29. The largest absolute Gasteiger partial charge is 0.387 e. The number of rotatable bonds is 3. The fourth-order valence-corrected chi connectivity index (χ4v) is 2.84.